The summed E-state index contributed by atoms with van der Waals surface area (Å²) < 4.78 is 4.18. The van der Waals surface area contributed by atoms with Gasteiger partial charge in [0.1, 0.15) is 56.1 Å². The number of aliphatic carboxylic acids is 1. The number of nitrogens with one attached hydrogen (secondary N) is 1. The number of rotatable bonds is 7. The van der Waals surface area contributed by atoms with Gasteiger partial charge in [0.25, 0.3) is 11.8 Å². The van der Waals surface area contributed by atoms with E-state index in [1.165, 1.54) is 18.9 Å². The highest BCUT2D eigenvalue weighted by Gasteiger charge is 2.55. The highest BCUT2D eigenvalue weighted by Crippen LogP contribution is 2.41. The van der Waals surface area contributed by atoms with Gasteiger partial charge in [0.15, 0.2) is 5.13 Å². The Labute approximate surface area is 201 Å². The van der Waals surface area contributed by atoms with Crippen molar-refractivity contribution in [1.82, 2.24) is 19.6 Å². The van der Waals surface area contributed by atoms with E-state index in [0.29, 0.717) is 11.3 Å². The SMILES string of the molecule is CO/N=C(\C(=O)NC1C(=O)N2C(C(=O)O)=C(C[N+]3(C)C[C@H](O)[C@@H](O)C3)CS[C@H]12)c1nsc(N)n1. The monoisotopic (exact) mass is 514 g/mol. The zero-order valence-electron chi connectivity index (χ0n) is 18.2. The van der Waals surface area contributed by atoms with Crippen LogP contribution in [0.25, 0.3) is 0 Å². The third-order valence-electron chi connectivity index (χ3n) is 5.86. The van der Waals surface area contributed by atoms with Crippen LogP contribution in [0.5, 0.6) is 0 Å². The summed E-state index contributed by atoms with van der Waals surface area (Å²) in [4.78, 5) is 47.6. The van der Waals surface area contributed by atoms with Crippen LogP contribution in [0.4, 0.5) is 5.13 Å². The molecular weight excluding hydrogens is 490 g/mol. The van der Waals surface area contributed by atoms with Crippen molar-refractivity contribution in [1.29, 1.82) is 0 Å². The molecule has 3 aliphatic heterocycles. The summed E-state index contributed by atoms with van der Waals surface area (Å²) in [5.41, 5.74) is 5.70. The maximum atomic E-state index is 12.9. The smallest absolute Gasteiger partial charge is 0.352 e. The van der Waals surface area contributed by atoms with Gasteiger partial charge >= 0.3 is 5.97 Å². The molecule has 2 saturated heterocycles. The first-order valence-electron chi connectivity index (χ1n) is 10.2. The maximum absolute atomic E-state index is 12.9. The van der Waals surface area contributed by atoms with Crippen LogP contribution in [0, 0.1) is 0 Å². The number of likely N-dealkylation sites (N-methyl/N-ethyl adjacent to an activating group) is 1. The minimum absolute atomic E-state index is 0.0536. The molecule has 1 aromatic heterocycles. The van der Waals surface area contributed by atoms with Gasteiger partial charge in [0.2, 0.25) is 11.5 Å². The quantitative estimate of drug-likeness (QED) is 0.110. The van der Waals surface area contributed by atoms with Crippen molar-refractivity contribution in [2.75, 3.05) is 45.3 Å². The third-order valence-corrected chi connectivity index (χ3v) is 7.74. The summed E-state index contributed by atoms with van der Waals surface area (Å²) in [6.45, 7) is 0.808. The topological polar surface area (TPSA) is 201 Å². The number of aliphatic hydroxyl groups excluding tert-OH is 2. The fourth-order valence-electron chi connectivity index (χ4n) is 4.43. The molecule has 2 fully saturated rings. The molecule has 4 heterocycles. The largest absolute Gasteiger partial charge is 0.477 e. The Kier molecular flexibility index (Phi) is 6.52. The number of aromatic nitrogens is 2. The van der Waals surface area contributed by atoms with Gasteiger partial charge in [0.05, 0.1) is 7.05 Å². The van der Waals surface area contributed by atoms with Crippen LogP contribution in [0.2, 0.25) is 0 Å². The molecule has 16 heteroatoms. The van der Waals surface area contributed by atoms with Crippen molar-refractivity contribution in [3.63, 3.8) is 0 Å². The number of thioether (sulfide) groups is 1. The minimum Gasteiger partial charge on any atom is -0.477 e. The number of anilines is 1. The number of carboxylic acid groups (broad SMARTS) is 1. The molecule has 34 heavy (non-hydrogen) atoms. The number of nitrogens with two attached hydrogens (primary N) is 1. The van der Waals surface area contributed by atoms with E-state index in [1.807, 2.05) is 7.05 Å². The molecule has 1 aromatic rings. The number of β-lactam (4-membered cyclic amide) rings is 1. The van der Waals surface area contributed by atoms with Crippen molar-refractivity contribution >= 4 is 51.9 Å². The van der Waals surface area contributed by atoms with Crippen LogP contribution in [-0.4, -0.2) is 121 Å². The molecule has 3 aliphatic rings. The Bertz CT molecular complexity index is 1080. The second-order valence-corrected chi connectivity index (χ2v) is 10.4. The Balaban J connectivity index is 1.52. The number of carbonyl (C=O) groups is 3. The van der Waals surface area contributed by atoms with E-state index < -0.39 is 41.4 Å². The van der Waals surface area contributed by atoms with Gasteiger partial charge in [-0.2, -0.15) is 9.36 Å². The zero-order valence-corrected chi connectivity index (χ0v) is 19.9. The predicted molar refractivity (Wildman–Crippen MR) is 120 cm³/mol. The van der Waals surface area contributed by atoms with Gasteiger partial charge in [-0.3, -0.25) is 14.5 Å². The van der Waals surface area contributed by atoms with Crippen LogP contribution in [0.3, 0.4) is 0 Å². The number of nitrogens with zero attached hydrogens (tertiary/aromatic N) is 5. The van der Waals surface area contributed by atoms with E-state index in [9.17, 15) is 29.7 Å². The van der Waals surface area contributed by atoms with E-state index in [1.54, 1.807) is 0 Å². The number of quaternary nitrogens is 1. The first kappa shape index (κ1) is 24.3. The Hall–Kier alpha value is -2.79. The van der Waals surface area contributed by atoms with Gasteiger partial charge in [0, 0.05) is 22.9 Å². The molecule has 0 aliphatic carbocycles. The van der Waals surface area contributed by atoms with Crippen LogP contribution in [0.1, 0.15) is 5.82 Å². The fraction of sp³-hybridized carbons (Fsp3) is 0.556. The van der Waals surface area contributed by atoms with Crippen molar-refractivity contribution in [2.45, 2.75) is 23.6 Å². The molecule has 6 N–H and O–H groups in total. The summed E-state index contributed by atoms with van der Waals surface area (Å²) in [5.74, 6) is -2.34. The summed E-state index contributed by atoms with van der Waals surface area (Å²) in [6.07, 6.45) is -1.78. The van der Waals surface area contributed by atoms with Crippen LogP contribution < -0.4 is 11.1 Å². The molecule has 4 atom stereocenters. The van der Waals surface area contributed by atoms with Crippen molar-refractivity contribution in [3.05, 3.63) is 17.1 Å². The number of likely N-dealkylation sites (tertiary alicyclic amines) is 1. The molecule has 2 amide bonds. The molecule has 0 radical (unpaired) electrons. The Morgan fingerprint density at radius 2 is 2.03 bits per heavy atom. The fourth-order valence-corrected chi connectivity index (χ4v) is 6.20. The van der Waals surface area contributed by atoms with Gasteiger partial charge in [-0.25, -0.2) is 4.79 Å². The number of amides is 2. The van der Waals surface area contributed by atoms with E-state index >= 15 is 0 Å². The predicted octanol–water partition coefficient (Wildman–Crippen LogP) is -2.61. The van der Waals surface area contributed by atoms with Gasteiger partial charge in [-0.1, -0.05) is 5.16 Å². The van der Waals surface area contributed by atoms with Gasteiger partial charge in [-0.15, -0.1) is 11.8 Å². The lowest BCUT2D eigenvalue weighted by atomic mass is 10.0. The molecule has 0 aromatic carbocycles. The average molecular weight is 515 g/mol. The summed E-state index contributed by atoms with van der Waals surface area (Å²) >= 11 is 2.19. The zero-order chi connectivity index (χ0) is 24.8. The van der Waals surface area contributed by atoms with E-state index in [2.05, 4.69) is 19.8 Å². The maximum Gasteiger partial charge on any atom is 0.352 e. The van der Waals surface area contributed by atoms with Crippen LogP contribution in [0.15, 0.2) is 16.4 Å². The van der Waals surface area contributed by atoms with Crippen molar-refractivity contribution in [3.8, 4) is 0 Å². The van der Waals surface area contributed by atoms with Gasteiger partial charge in [-0.05, 0) is 0 Å². The number of fused-ring (bicyclic) bond motifs is 1. The molecule has 0 bridgehead atoms. The first-order chi connectivity index (χ1) is 16.0. The van der Waals surface area contributed by atoms with Crippen LogP contribution >= 0.6 is 23.3 Å². The number of carbonyl (C=O) groups excluding carboxylic acids is 2. The van der Waals surface area contributed by atoms with Crippen molar-refractivity contribution in [2.24, 2.45) is 5.16 Å². The molecule has 0 saturated carbocycles. The third kappa shape index (κ3) is 4.34. The molecule has 0 spiro atoms. The number of carboxylic acids is 1. The Morgan fingerprint density at radius 1 is 1.35 bits per heavy atom. The van der Waals surface area contributed by atoms with E-state index in [-0.39, 0.29) is 46.5 Å². The Morgan fingerprint density at radius 3 is 2.59 bits per heavy atom. The number of nitrogen functional groups attached to an aromatic ring is 1. The molecule has 4 rings (SSSR count). The lowest BCUT2D eigenvalue weighted by Gasteiger charge is -2.49. The van der Waals surface area contributed by atoms with E-state index in [4.69, 9.17) is 10.6 Å². The van der Waals surface area contributed by atoms with E-state index in [0.717, 1.165) is 16.4 Å². The molecule has 14 nitrogen and oxygen atoms in total. The van der Waals surface area contributed by atoms with Gasteiger partial charge < -0.3 is 35.7 Å². The normalized spacial score (nSPS) is 28.4. The molecule has 1 unspecified atom stereocenters. The van der Waals surface area contributed by atoms with Crippen LogP contribution in [-0.2, 0) is 19.2 Å². The second kappa shape index (κ2) is 9.10. The number of hydrogen-bond acceptors (Lipinski definition) is 12. The molecular formula is C18H24N7O7S2+. The summed E-state index contributed by atoms with van der Waals surface area (Å²) in [7, 11) is 3.06. The number of oxime groups is 1. The lowest BCUT2D eigenvalue weighted by Crippen LogP contribution is -2.71. The minimum atomic E-state index is -1.26. The molecule has 184 valence electrons. The summed E-state index contributed by atoms with van der Waals surface area (Å²) in [5, 5.41) is 35.4. The average Bonchev–Trinajstić information content (AvgIpc) is 3.30. The van der Waals surface area contributed by atoms with Crippen molar-refractivity contribution < 1.29 is 39.0 Å². The number of aliphatic hydroxyl groups is 2. The lowest BCUT2D eigenvalue weighted by molar-refractivity contribution is -0.895. The highest BCUT2D eigenvalue weighted by molar-refractivity contribution is 8.00. The number of hydrogen-bond donors (Lipinski definition) is 5. The first-order valence-corrected chi connectivity index (χ1v) is 12.0. The summed E-state index contributed by atoms with van der Waals surface area (Å²) in [6, 6.07) is -0.980. The highest BCUT2D eigenvalue weighted by atomic mass is 32.2. The second-order valence-electron chi connectivity index (χ2n) is 8.47. The standard InChI is InChI=1S/C18H23N7O7S2/c1-25(4-8(26)9(27)5-25)3-7-6-33-16-11(15(29)24(16)12(7)17(30)31)20-14(28)10(22-32-2)13-21-18(19)34-23-13/h8-9,11,16,26-27H,3-6H2,1-2H3,(H3-,19,20,21,23,28,30,31)/p+1/b22-10-/t8-,9-,11?,16+/m0/s1.